The number of carbonyl (C=O) groups is 1. The fourth-order valence-corrected chi connectivity index (χ4v) is 2.04. The topological polar surface area (TPSA) is 61.4 Å². The van der Waals surface area contributed by atoms with Gasteiger partial charge in [-0.25, -0.2) is 0 Å². The Bertz CT molecular complexity index is 199. The van der Waals surface area contributed by atoms with E-state index >= 15 is 0 Å². The van der Waals surface area contributed by atoms with Gasteiger partial charge in [0.25, 0.3) is 0 Å². The van der Waals surface area contributed by atoms with E-state index in [0.29, 0.717) is 12.8 Å². The van der Waals surface area contributed by atoms with E-state index in [1.54, 1.807) is 0 Å². The van der Waals surface area contributed by atoms with Gasteiger partial charge in [0.1, 0.15) is 6.10 Å². The number of ketones is 1. The second-order valence-electron chi connectivity index (χ2n) is 3.62. The van der Waals surface area contributed by atoms with Crippen LogP contribution in [-0.2, 0) is 4.79 Å². The molecule has 2 aliphatic rings. The molecule has 1 aliphatic heterocycles. The predicted molar refractivity (Wildman–Crippen MR) is 43.6 cm³/mol. The third-order valence-electron chi connectivity index (χ3n) is 2.76. The van der Waals surface area contributed by atoms with E-state index in [1.807, 2.05) is 0 Å². The van der Waals surface area contributed by atoms with Gasteiger partial charge in [-0.05, 0) is 6.42 Å². The summed E-state index contributed by atoms with van der Waals surface area (Å²) in [5.41, 5.74) is -0.146. The van der Waals surface area contributed by atoms with E-state index in [4.69, 9.17) is 0 Å². The van der Waals surface area contributed by atoms with E-state index in [-0.39, 0.29) is 11.4 Å². The lowest BCUT2D eigenvalue weighted by Gasteiger charge is -2.35. The van der Waals surface area contributed by atoms with Crippen LogP contribution < -0.4 is 10.6 Å². The lowest BCUT2D eigenvalue weighted by Crippen LogP contribution is -2.55. The van der Waals surface area contributed by atoms with Crippen molar-refractivity contribution in [3.8, 4) is 0 Å². The molecule has 4 heteroatoms. The molecule has 0 aromatic heterocycles. The number of Topliss-reactive ketones (excluding diaryl/α,β-unsaturated/α-hetero) is 1. The fraction of sp³-hybridized carbons (Fsp3) is 0.875. The van der Waals surface area contributed by atoms with E-state index in [2.05, 4.69) is 10.6 Å². The van der Waals surface area contributed by atoms with Crippen molar-refractivity contribution in [2.75, 3.05) is 13.1 Å². The Morgan fingerprint density at radius 2 is 2.08 bits per heavy atom. The van der Waals surface area contributed by atoms with Crippen molar-refractivity contribution in [3.05, 3.63) is 0 Å². The summed E-state index contributed by atoms with van der Waals surface area (Å²) >= 11 is 0. The Balaban J connectivity index is 2.05. The Hall–Kier alpha value is -0.450. The van der Waals surface area contributed by atoms with Gasteiger partial charge in [-0.3, -0.25) is 15.4 Å². The first kappa shape index (κ1) is 8.16. The zero-order valence-electron chi connectivity index (χ0n) is 6.97. The number of rotatable bonds is 0. The number of aliphatic hydroxyl groups is 1. The summed E-state index contributed by atoms with van der Waals surface area (Å²) in [6.07, 6.45) is 1.05. The van der Waals surface area contributed by atoms with Gasteiger partial charge in [0.15, 0.2) is 5.78 Å². The minimum absolute atomic E-state index is 0.0175. The first-order valence-corrected chi connectivity index (χ1v) is 4.43. The molecule has 1 saturated carbocycles. The van der Waals surface area contributed by atoms with Crippen LogP contribution in [-0.4, -0.2) is 35.7 Å². The van der Waals surface area contributed by atoms with Crippen LogP contribution >= 0.6 is 0 Å². The molecule has 0 aromatic carbocycles. The van der Waals surface area contributed by atoms with Crippen LogP contribution in [0.5, 0.6) is 0 Å². The van der Waals surface area contributed by atoms with Crippen molar-refractivity contribution in [2.45, 2.75) is 31.0 Å². The van der Waals surface area contributed by atoms with Gasteiger partial charge in [-0.1, -0.05) is 0 Å². The van der Waals surface area contributed by atoms with E-state index in [1.165, 1.54) is 0 Å². The first-order valence-electron chi connectivity index (χ1n) is 4.43. The van der Waals surface area contributed by atoms with Crippen molar-refractivity contribution >= 4 is 5.78 Å². The highest BCUT2D eigenvalue weighted by Crippen LogP contribution is 2.25. The van der Waals surface area contributed by atoms with Crippen molar-refractivity contribution < 1.29 is 9.90 Å². The second kappa shape index (κ2) is 2.80. The molecule has 4 nitrogen and oxygen atoms in total. The smallest absolute Gasteiger partial charge is 0.161 e. The zero-order chi connectivity index (χ0) is 8.60. The van der Waals surface area contributed by atoms with Gasteiger partial charge in [0.05, 0.1) is 5.66 Å². The van der Waals surface area contributed by atoms with Gasteiger partial charge in [0, 0.05) is 25.9 Å². The van der Waals surface area contributed by atoms with Crippen molar-refractivity contribution in [1.29, 1.82) is 0 Å². The highest BCUT2D eigenvalue weighted by Gasteiger charge is 2.40. The molecule has 1 heterocycles. The third kappa shape index (κ3) is 1.26. The van der Waals surface area contributed by atoms with Crippen molar-refractivity contribution in [1.82, 2.24) is 10.6 Å². The average Bonchev–Trinajstić information content (AvgIpc) is 2.47. The molecule has 68 valence electrons. The maximum absolute atomic E-state index is 11.0. The van der Waals surface area contributed by atoms with Crippen LogP contribution in [0, 0.1) is 0 Å². The number of carbonyl (C=O) groups excluding carboxylic acids is 1. The fourth-order valence-electron chi connectivity index (χ4n) is 2.04. The lowest BCUT2D eigenvalue weighted by molar-refractivity contribution is -0.131. The summed E-state index contributed by atoms with van der Waals surface area (Å²) in [4.78, 5) is 11.0. The zero-order valence-corrected chi connectivity index (χ0v) is 6.97. The van der Waals surface area contributed by atoms with Crippen LogP contribution in [0.25, 0.3) is 0 Å². The molecule has 0 radical (unpaired) electrons. The molecule has 1 aliphatic carbocycles. The minimum Gasteiger partial charge on any atom is -0.385 e. The predicted octanol–water partition coefficient (Wildman–Crippen LogP) is -1.01. The average molecular weight is 170 g/mol. The maximum atomic E-state index is 11.0. The molecule has 1 spiro atoms. The molecule has 0 bridgehead atoms. The molecular formula is C8H14N2O2. The van der Waals surface area contributed by atoms with Gasteiger partial charge >= 0.3 is 0 Å². The number of hydrogen-bond donors (Lipinski definition) is 3. The lowest BCUT2D eigenvalue weighted by atomic mass is 9.87. The monoisotopic (exact) mass is 170 g/mol. The Morgan fingerprint density at radius 1 is 1.42 bits per heavy atom. The standard InChI is InChI=1S/C8H14N2O2/c11-6-1-2-8(5-7(6)12)9-3-4-10-8/h7,9-10,12H,1-5H2/t7-/m1/s1. The molecule has 2 fully saturated rings. The molecule has 12 heavy (non-hydrogen) atoms. The van der Waals surface area contributed by atoms with Gasteiger partial charge in [-0.2, -0.15) is 0 Å². The third-order valence-corrected chi connectivity index (χ3v) is 2.76. The quantitative estimate of drug-likeness (QED) is 0.436. The maximum Gasteiger partial charge on any atom is 0.161 e. The molecule has 3 N–H and O–H groups in total. The summed E-state index contributed by atoms with van der Waals surface area (Å²) in [6, 6.07) is 0. The molecule has 0 aromatic rings. The largest absolute Gasteiger partial charge is 0.385 e. The summed E-state index contributed by atoms with van der Waals surface area (Å²) in [5, 5.41) is 16.0. The molecule has 2 rings (SSSR count). The van der Waals surface area contributed by atoms with Crippen LogP contribution in [0.1, 0.15) is 19.3 Å². The van der Waals surface area contributed by atoms with Gasteiger partial charge in [0.2, 0.25) is 0 Å². The Morgan fingerprint density at radius 3 is 2.67 bits per heavy atom. The van der Waals surface area contributed by atoms with E-state index in [0.717, 1.165) is 19.5 Å². The van der Waals surface area contributed by atoms with E-state index < -0.39 is 6.10 Å². The Kier molecular flexibility index (Phi) is 1.90. The molecule has 0 unspecified atom stereocenters. The van der Waals surface area contributed by atoms with E-state index in [9.17, 15) is 9.90 Å². The first-order chi connectivity index (χ1) is 5.72. The molecule has 1 saturated heterocycles. The highest BCUT2D eigenvalue weighted by molar-refractivity contribution is 5.83. The summed E-state index contributed by atoms with van der Waals surface area (Å²) in [5.74, 6) is -0.0175. The number of aliphatic hydroxyl groups excluding tert-OH is 1. The summed E-state index contributed by atoms with van der Waals surface area (Å²) < 4.78 is 0. The van der Waals surface area contributed by atoms with Crippen LogP contribution in [0.2, 0.25) is 0 Å². The summed E-state index contributed by atoms with van der Waals surface area (Å²) in [7, 11) is 0. The van der Waals surface area contributed by atoms with Crippen LogP contribution in [0.15, 0.2) is 0 Å². The Labute approximate surface area is 71.3 Å². The molecule has 1 atom stereocenters. The molecular weight excluding hydrogens is 156 g/mol. The normalized spacial score (nSPS) is 34.4. The SMILES string of the molecule is O=C1CCC2(C[C@H]1O)NCCN2. The van der Waals surface area contributed by atoms with Gasteiger partial charge < -0.3 is 5.11 Å². The van der Waals surface area contributed by atoms with Crippen LogP contribution in [0.3, 0.4) is 0 Å². The number of nitrogens with one attached hydrogen (secondary N) is 2. The van der Waals surface area contributed by atoms with Crippen molar-refractivity contribution in [3.63, 3.8) is 0 Å². The van der Waals surface area contributed by atoms with Gasteiger partial charge in [-0.15, -0.1) is 0 Å². The van der Waals surface area contributed by atoms with Crippen LogP contribution in [0.4, 0.5) is 0 Å². The number of hydrogen-bond acceptors (Lipinski definition) is 4. The highest BCUT2D eigenvalue weighted by atomic mass is 16.3. The summed E-state index contributed by atoms with van der Waals surface area (Å²) in [6.45, 7) is 1.86. The second-order valence-corrected chi connectivity index (χ2v) is 3.62. The molecule has 0 amide bonds. The van der Waals surface area contributed by atoms with Crippen molar-refractivity contribution in [2.24, 2.45) is 0 Å². The minimum atomic E-state index is -0.767.